The van der Waals surface area contributed by atoms with Gasteiger partial charge in [0.1, 0.15) is 11.4 Å². The fourth-order valence-electron chi connectivity index (χ4n) is 4.38. The lowest BCUT2D eigenvalue weighted by molar-refractivity contribution is -0.175. The Morgan fingerprint density at radius 2 is 1.88 bits per heavy atom. The highest BCUT2D eigenvalue weighted by molar-refractivity contribution is 5.88. The Morgan fingerprint density at radius 1 is 1.19 bits per heavy atom. The Kier molecular flexibility index (Phi) is 4.93. The largest absolute Gasteiger partial charge is 0.497 e. The fraction of sp³-hybridized carbons (Fsp3) is 0.667. The summed E-state index contributed by atoms with van der Waals surface area (Å²) in [6, 6.07) is 8.03. The zero-order valence-electron chi connectivity index (χ0n) is 15.9. The number of benzene rings is 1. The molecule has 5 heteroatoms. The highest BCUT2D eigenvalue weighted by atomic mass is 16.5. The number of likely N-dealkylation sites (tertiary alicyclic amines) is 1. The van der Waals surface area contributed by atoms with Crippen molar-refractivity contribution in [3.05, 3.63) is 29.8 Å². The van der Waals surface area contributed by atoms with Crippen molar-refractivity contribution in [2.24, 2.45) is 5.92 Å². The van der Waals surface area contributed by atoms with Crippen molar-refractivity contribution in [1.29, 1.82) is 0 Å². The van der Waals surface area contributed by atoms with E-state index < -0.39 is 5.60 Å². The molecule has 2 heterocycles. The van der Waals surface area contributed by atoms with E-state index in [1.165, 1.54) is 12.8 Å². The predicted molar refractivity (Wildman–Crippen MR) is 100 cm³/mol. The molecule has 1 atom stereocenters. The first kappa shape index (κ1) is 17.8. The number of piperidine rings is 1. The van der Waals surface area contributed by atoms with Gasteiger partial charge in [0.05, 0.1) is 13.2 Å². The molecule has 1 aromatic carbocycles. The number of nitrogens with zero attached hydrogens (tertiary/aromatic N) is 2. The predicted octanol–water partition coefficient (Wildman–Crippen LogP) is 2.69. The molecule has 5 nitrogen and oxygen atoms in total. The van der Waals surface area contributed by atoms with Gasteiger partial charge in [-0.2, -0.15) is 0 Å². The van der Waals surface area contributed by atoms with Crippen molar-refractivity contribution in [3.63, 3.8) is 0 Å². The van der Waals surface area contributed by atoms with Gasteiger partial charge in [0.25, 0.3) is 5.91 Å². The minimum atomic E-state index is -0.503. The van der Waals surface area contributed by atoms with Crippen LogP contribution in [0.5, 0.6) is 5.75 Å². The van der Waals surface area contributed by atoms with Gasteiger partial charge >= 0.3 is 0 Å². The lowest BCUT2D eigenvalue weighted by Gasteiger charge is -2.43. The number of amides is 1. The van der Waals surface area contributed by atoms with Crippen LogP contribution in [0.3, 0.4) is 0 Å². The van der Waals surface area contributed by atoms with Crippen molar-refractivity contribution in [2.45, 2.75) is 50.9 Å². The van der Waals surface area contributed by atoms with E-state index in [1.807, 2.05) is 17.0 Å². The van der Waals surface area contributed by atoms with E-state index in [4.69, 9.17) is 9.47 Å². The highest BCUT2D eigenvalue weighted by Gasteiger charge is 2.58. The molecule has 142 valence electrons. The first-order chi connectivity index (χ1) is 12.6. The van der Waals surface area contributed by atoms with Crippen LogP contribution in [0.2, 0.25) is 0 Å². The number of methoxy groups -OCH3 is 1. The Bertz CT molecular complexity index is 633. The Morgan fingerprint density at radius 3 is 2.46 bits per heavy atom. The quantitative estimate of drug-likeness (QED) is 0.812. The Hall–Kier alpha value is -1.59. The van der Waals surface area contributed by atoms with Crippen LogP contribution in [0.1, 0.15) is 38.2 Å². The third kappa shape index (κ3) is 3.47. The summed E-state index contributed by atoms with van der Waals surface area (Å²) in [5.74, 6) is 1.61. The summed E-state index contributed by atoms with van der Waals surface area (Å²) < 4.78 is 11.6. The van der Waals surface area contributed by atoms with Gasteiger partial charge in [0.15, 0.2) is 0 Å². The molecule has 1 amide bonds. The van der Waals surface area contributed by atoms with Gasteiger partial charge < -0.3 is 19.3 Å². The van der Waals surface area contributed by atoms with E-state index in [1.54, 1.807) is 7.11 Å². The minimum absolute atomic E-state index is 0.187. The van der Waals surface area contributed by atoms with Gasteiger partial charge in [-0.1, -0.05) is 19.1 Å². The van der Waals surface area contributed by atoms with Crippen molar-refractivity contribution < 1.29 is 14.3 Å². The monoisotopic (exact) mass is 358 g/mol. The summed E-state index contributed by atoms with van der Waals surface area (Å²) in [5, 5.41) is 0. The van der Waals surface area contributed by atoms with Crippen LogP contribution in [-0.4, -0.2) is 60.7 Å². The SMILES string of the molecule is CCN1CCC(C2CN(Cc3ccc(OC)cc3)C(=O)C3(CC3)O2)CC1. The van der Waals surface area contributed by atoms with Gasteiger partial charge in [-0.05, 0) is 68.9 Å². The molecule has 2 aliphatic heterocycles. The van der Waals surface area contributed by atoms with Gasteiger partial charge in [-0.25, -0.2) is 0 Å². The summed E-state index contributed by atoms with van der Waals surface area (Å²) in [7, 11) is 1.67. The first-order valence-electron chi connectivity index (χ1n) is 9.96. The van der Waals surface area contributed by atoms with Crippen molar-refractivity contribution in [1.82, 2.24) is 9.80 Å². The Labute approximate surface area is 156 Å². The molecule has 1 aliphatic carbocycles. The van der Waals surface area contributed by atoms with E-state index >= 15 is 0 Å². The molecule has 1 aromatic rings. The van der Waals surface area contributed by atoms with E-state index in [2.05, 4.69) is 24.0 Å². The van der Waals surface area contributed by atoms with Gasteiger partial charge in [-0.3, -0.25) is 4.79 Å². The first-order valence-corrected chi connectivity index (χ1v) is 9.96. The molecule has 0 aromatic heterocycles. The minimum Gasteiger partial charge on any atom is -0.497 e. The number of hydrogen-bond acceptors (Lipinski definition) is 4. The summed E-state index contributed by atoms with van der Waals surface area (Å²) >= 11 is 0. The molecular formula is C21H30N2O3. The smallest absolute Gasteiger partial charge is 0.255 e. The van der Waals surface area contributed by atoms with Gasteiger partial charge in [0, 0.05) is 13.1 Å². The molecule has 3 aliphatic rings. The number of rotatable bonds is 5. The van der Waals surface area contributed by atoms with E-state index in [0.717, 1.165) is 50.3 Å². The fourth-order valence-corrected chi connectivity index (χ4v) is 4.38. The lowest BCUT2D eigenvalue weighted by Crippen LogP contribution is -2.56. The van der Waals surface area contributed by atoms with Crippen LogP contribution in [-0.2, 0) is 16.1 Å². The third-order valence-corrected chi connectivity index (χ3v) is 6.30. The maximum Gasteiger partial charge on any atom is 0.255 e. The average molecular weight is 358 g/mol. The van der Waals surface area contributed by atoms with Crippen molar-refractivity contribution >= 4 is 5.91 Å². The second-order valence-electron chi connectivity index (χ2n) is 7.96. The van der Waals surface area contributed by atoms with Crippen molar-refractivity contribution in [2.75, 3.05) is 33.3 Å². The van der Waals surface area contributed by atoms with Crippen LogP contribution in [0, 0.1) is 5.92 Å². The molecule has 2 saturated heterocycles. The molecule has 3 fully saturated rings. The molecule has 1 unspecified atom stereocenters. The number of ether oxygens (including phenoxy) is 2. The van der Waals surface area contributed by atoms with Crippen molar-refractivity contribution in [3.8, 4) is 5.75 Å². The highest BCUT2D eigenvalue weighted by Crippen LogP contribution is 2.46. The number of carbonyl (C=O) groups excluding carboxylic acids is 1. The normalized spacial score (nSPS) is 26.3. The molecule has 0 radical (unpaired) electrons. The van der Waals surface area contributed by atoms with Gasteiger partial charge in [-0.15, -0.1) is 0 Å². The summed E-state index contributed by atoms with van der Waals surface area (Å²) in [5.41, 5.74) is 0.647. The summed E-state index contributed by atoms with van der Waals surface area (Å²) in [6.45, 7) is 7.05. The van der Waals surface area contributed by atoms with Crippen LogP contribution in [0.25, 0.3) is 0 Å². The standard InChI is InChI=1S/C21H30N2O3/c1-3-22-12-8-17(9-13-22)19-15-23(20(24)21(26-19)10-11-21)14-16-4-6-18(25-2)7-5-16/h4-7,17,19H,3,8-15H2,1-2H3. The zero-order chi connectivity index (χ0) is 18.1. The number of hydrogen-bond donors (Lipinski definition) is 0. The lowest BCUT2D eigenvalue weighted by atomic mass is 9.89. The second kappa shape index (κ2) is 7.20. The zero-order valence-corrected chi connectivity index (χ0v) is 15.9. The summed E-state index contributed by atoms with van der Waals surface area (Å²) in [6.07, 6.45) is 4.32. The maximum absolute atomic E-state index is 12.9. The maximum atomic E-state index is 12.9. The van der Waals surface area contributed by atoms with Crippen LogP contribution >= 0.6 is 0 Å². The molecular weight excluding hydrogens is 328 g/mol. The molecule has 26 heavy (non-hydrogen) atoms. The second-order valence-corrected chi connectivity index (χ2v) is 7.96. The molecule has 0 N–H and O–H groups in total. The molecule has 0 bridgehead atoms. The number of carbonyl (C=O) groups is 1. The van der Waals surface area contributed by atoms with Gasteiger partial charge in [0.2, 0.25) is 0 Å². The molecule has 1 spiro atoms. The Balaban J connectivity index is 1.44. The summed E-state index contributed by atoms with van der Waals surface area (Å²) in [4.78, 5) is 17.5. The topological polar surface area (TPSA) is 42.0 Å². The van der Waals surface area contributed by atoms with E-state index in [9.17, 15) is 4.79 Å². The molecule has 1 saturated carbocycles. The molecule has 4 rings (SSSR count). The average Bonchev–Trinajstić information content (AvgIpc) is 3.46. The van der Waals surface area contributed by atoms with E-state index in [-0.39, 0.29) is 12.0 Å². The van der Waals surface area contributed by atoms with Crippen LogP contribution in [0.15, 0.2) is 24.3 Å². The van der Waals surface area contributed by atoms with E-state index in [0.29, 0.717) is 12.5 Å². The van der Waals surface area contributed by atoms with Crippen LogP contribution < -0.4 is 4.74 Å². The third-order valence-electron chi connectivity index (χ3n) is 6.30. The number of morpholine rings is 1. The van der Waals surface area contributed by atoms with Crippen LogP contribution in [0.4, 0.5) is 0 Å².